The van der Waals surface area contributed by atoms with E-state index in [1.165, 1.54) is 32.1 Å². The van der Waals surface area contributed by atoms with Crippen LogP contribution in [0.4, 0.5) is 0 Å². The van der Waals surface area contributed by atoms with Gasteiger partial charge in [-0.1, -0.05) is 33.1 Å². The van der Waals surface area contributed by atoms with Crippen LogP contribution in [-0.2, 0) is 4.74 Å². The lowest BCUT2D eigenvalue weighted by Crippen LogP contribution is -2.37. The highest BCUT2D eigenvalue weighted by atomic mass is 16.5. The lowest BCUT2D eigenvalue weighted by molar-refractivity contribution is 0.0163. The highest BCUT2D eigenvalue weighted by Gasteiger charge is 2.21. The molecule has 0 radical (unpaired) electrons. The summed E-state index contributed by atoms with van der Waals surface area (Å²) in [6, 6.07) is 0.256. The molecule has 90 valence electrons. The maximum Gasteiger partial charge on any atom is 0.0623 e. The van der Waals surface area contributed by atoms with Gasteiger partial charge in [0.25, 0.3) is 0 Å². The van der Waals surface area contributed by atoms with Gasteiger partial charge in [-0.2, -0.15) is 0 Å². The van der Waals surface area contributed by atoms with Gasteiger partial charge in [-0.3, -0.25) is 0 Å². The molecule has 0 aromatic heterocycles. The molecule has 0 amide bonds. The third-order valence-electron chi connectivity index (χ3n) is 3.75. The Bertz CT molecular complexity index is 164. The van der Waals surface area contributed by atoms with Crippen molar-refractivity contribution >= 4 is 0 Å². The largest absolute Gasteiger partial charge is 0.377 e. The summed E-state index contributed by atoms with van der Waals surface area (Å²) < 4.78 is 5.79. The number of ether oxygens (including phenoxy) is 1. The molecule has 0 saturated heterocycles. The first-order valence-corrected chi connectivity index (χ1v) is 6.48. The van der Waals surface area contributed by atoms with Gasteiger partial charge >= 0.3 is 0 Å². The Hall–Kier alpha value is -0.0800. The van der Waals surface area contributed by atoms with E-state index in [0.29, 0.717) is 17.9 Å². The maximum absolute atomic E-state index is 6.17. The lowest BCUT2D eigenvalue weighted by Gasteiger charge is -2.28. The molecule has 2 atom stereocenters. The van der Waals surface area contributed by atoms with Crippen molar-refractivity contribution in [2.24, 2.45) is 17.6 Å². The molecule has 1 rings (SSSR count). The van der Waals surface area contributed by atoms with Crippen LogP contribution in [0.3, 0.4) is 0 Å². The van der Waals surface area contributed by atoms with Gasteiger partial charge in [-0.25, -0.2) is 0 Å². The van der Waals surface area contributed by atoms with Crippen LogP contribution in [0.5, 0.6) is 0 Å². The van der Waals surface area contributed by atoms with E-state index >= 15 is 0 Å². The minimum Gasteiger partial charge on any atom is -0.377 e. The van der Waals surface area contributed by atoms with E-state index in [2.05, 4.69) is 20.8 Å². The molecular weight excluding hydrogens is 186 g/mol. The van der Waals surface area contributed by atoms with E-state index < -0.39 is 0 Å². The summed E-state index contributed by atoms with van der Waals surface area (Å²) in [6.07, 6.45) is 7.06. The third kappa shape index (κ3) is 4.52. The fourth-order valence-corrected chi connectivity index (χ4v) is 2.15. The summed E-state index contributed by atoms with van der Waals surface area (Å²) in [5, 5.41) is 0. The van der Waals surface area contributed by atoms with Gasteiger partial charge in [-0.05, 0) is 31.6 Å². The zero-order valence-corrected chi connectivity index (χ0v) is 10.5. The normalized spacial score (nSPS) is 23.0. The van der Waals surface area contributed by atoms with Gasteiger partial charge in [0.05, 0.1) is 12.7 Å². The first-order chi connectivity index (χ1) is 7.11. The molecule has 0 aromatic rings. The predicted molar refractivity (Wildman–Crippen MR) is 64.8 cm³/mol. The molecule has 0 aromatic carbocycles. The van der Waals surface area contributed by atoms with Crippen LogP contribution in [0.15, 0.2) is 0 Å². The summed E-state index contributed by atoms with van der Waals surface area (Å²) in [5.41, 5.74) is 6.17. The van der Waals surface area contributed by atoms with Gasteiger partial charge in [-0.15, -0.1) is 0 Å². The third-order valence-corrected chi connectivity index (χ3v) is 3.75. The maximum atomic E-state index is 6.17. The number of nitrogens with two attached hydrogens (primary N) is 1. The molecule has 2 N–H and O–H groups in total. The zero-order chi connectivity index (χ0) is 11.3. The van der Waals surface area contributed by atoms with E-state index in [-0.39, 0.29) is 6.04 Å². The molecule has 2 heteroatoms. The monoisotopic (exact) mass is 213 g/mol. The van der Waals surface area contributed by atoms with Gasteiger partial charge in [0.15, 0.2) is 0 Å². The number of hydrogen-bond acceptors (Lipinski definition) is 2. The van der Waals surface area contributed by atoms with Crippen molar-refractivity contribution < 1.29 is 4.74 Å². The van der Waals surface area contributed by atoms with Crippen LogP contribution >= 0.6 is 0 Å². The molecule has 1 aliphatic rings. The van der Waals surface area contributed by atoms with Crippen molar-refractivity contribution in [1.29, 1.82) is 0 Å². The summed E-state index contributed by atoms with van der Waals surface area (Å²) in [5.74, 6) is 1.29. The van der Waals surface area contributed by atoms with E-state index in [0.717, 1.165) is 6.61 Å². The van der Waals surface area contributed by atoms with E-state index in [1.54, 1.807) is 0 Å². The van der Waals surface area contributed by atoms with E-state index in [9.17, 15) is 0 Å². The van der Waals surface area contributed by atoms with Crippen LogP contribution in [0.25, 0.3) is 0 Å². The first-order valence-electron chi connectivity index (χ1n) is 6.48. The SMILES string of the molecule is CC(C)C(C)OCC(N)C1CCCCC1. The molecule has 0 aliphatic heterocycles. The van der Waals surface area contributed by atoms with Crippen LogP contribution in [-0.4, -0.2) is 18.8 Å². The quantitative estimate of drug-likeness (QED) is 0.762. The van der Waals surface area contributed by atoms with E-state index in [1.807, 2.05) is 0 Å². The van der Waals surface area contributed by atoms with Crippen LogP contribution in [0.2, 0.25) is 0 Å². The fraction of sp³-hybridized carbons (Fsp3) is 1.00. The van der Waals surface area contributed by atoms with Crippen molar-refractivity contribution in [3.05, 3.63) is 0 Å². The predicted octanol–water partition coefficient (Wildman–Crippen LogP) is 2.96. The minimum atomic E-state index is 0.256. The van der Waals surface area contributed by atoms with Gasteiger partial charge in [0.1, 0.15) is 0 Å². The molecule has 2 nitrogen and oxygen atoms in total. The number of hydrogen-bond donors (Lipinski definition) is 1. The lowest BCUT2D eigenvalue weighted by atomic mass is 9.84. The first kappa shape index (κ1) is 13.0. The van der Waals surface area contributed by atoms with Crippen molar-refractivity contribution in [2.45, 2.75) is 65.0 Å². The highest BCUT2D eigenvalue weighted by Crippen LogP contribution is 2.26. The van der Waals surface area contributed by atoms with Crippen molar-refractivity contribution in [2.75, 3.05) is 6.61 Å². The van der Waals surface area contributed by atoms with Crippen LogP contribution in [0, 0.1) is 11.8 Å². The second kappa shape index (κ2) is 6.49. The van der Waals surface area contributed by atoms with Crippen molar-refractivity contribution in [3.8, 4) is 0 Å². The van der Waals surface area contributed by atoms with Crippen molar-refractivity contribution in [1.82, 2.24) is 0 Å². The minimum absolute atomic E-state index is 0.256. The summed E-state index contributed by atoms with van der Waals surface area (Å²) in [6.45, 7) is 7.26. The molecule has 1 saturated carbocycles. The molecular formula is C13H27NO. The average Bonchev–Trinajstić information content (AvgIpc) is 2.26. The average molecular weight is 213 g/mol. The highest BCUT2D eigenvalue weighted by molar-refractivity contribution is 4.76. The van der Waals surface area contributed by atoms with Gasteiger partial charge < -0.3 is 10.5 Å². The summed E-state index contributed by atoms with van der Waals surface area (Å²) in [7, 11) is 0. The molecule has 1 fully saturated rings. The standard InChI is InChI=1S/C13H27NO/c1-10(2)11(3)15-9-13(14)12-7-5-4-6-8-12/h10-13H,4-9,14H2,1-3H3. The second-order valence-electron chi connectivity index (χ2n) is 5.34. The van der Waals surface area contributed by atoms with Crippen LogP contribution < -0.4 is 5.73 Å². The van der Waals surface area contributed by atoms with Gasteiger partial charge in [0, 0.05) is 6.04 Å². The molecule has 0 spiro atoms. The zero-order valence-electron chi connectivity index (χ0n) is 10.5. The Morgan fingerprint density at radius 3 is 2.27 bits per heavy atom. The Morgan fingerprint density at radius 1 is 1.13 bits per heavy atom. The summed E-state index contributed by atoms with van der Waals surface area (Å²) >= 11 is 0. The molecule has 1 aliphatic carbocycles. The van der Waals surface area contributed by atoms with Crippen molar-refractivity contribution in [3.63, 3.8) is 0 Å². The topological polar surface area (TPSA) is 35.2 Å². The Labute approximate surface area is 94.6 Å². The van der Waals surface area contributed by atoms with E-state index in [4.69, 9.17) is 10.5 Å². The smallest absolute Gasteiger partial charge is 0.0623 e. The Kier molecular flexibility index (Phi) is 5.62. The molecule has 0 bridgehead atoms. The Morgan fingerprint density at radius 2 is 1.73 bits per heavy atom. The second-order valence-corrected chi connectivity index (χ2v) is 5.34. The molecule has 2 unspecified atom stereocenters. The van der Waals surface area contributed by atoms with Crippen LogP contribution in [0.1, 0.15) is 52.9 Å². The summed E-state index contributed by atoms with van der Waals surface area (Å²) in [4.78, 5) is 0. The Balaban J connectivity index is 2.19. The fourth-order valence-electron chi connectivity index (χ4n) is 2.15. The molecule has 15 heavy (non-hydrogen) atoms. The van der Waals surface area contributed by atoms with Gasteiger partial charge in [0.2, 0.25) is 0 Å². The molecule has 0 heterocycles. The number of rotatable bonds is 5.